The SMILES string of the molecule is Cc1nc(C(C)(C)C)[nH]c(=O)c1C(=O)NCC1CNC1.Cl. The molecule has 0 atom stereocenters. The Labute approximate surface area is 130 Å². The number of hydrogen-bond acceptors (Lipinski definition) is 4. The summed E-state index contributed by atoms with van der Waals surface area (Å²) in [6.07, 6.45) is 0. The van der Waals surface area contributed by atoms with Crippen LogP contribution in [0.5, 0.6) is 0 Å². The average molecular weight is 315 g/mol. The number of H-pyrrole nitrogens is 1. The third-order valence-corrected chi connectivity index (χ3v) is 3.46. The topological polar surface area (TPSA) is 86.9 Å². The number of aryl methyl sites for hydroxylation is 1. The van der Waals surface area contributed by atoms with E-state index in [9.17, 15) is 9.59 Å². The van der Waals surface area contributed by atoms with Crippen LogP contribution < -0.4 is 16.2 Å². The second-order valence-electron chi connectivity index (χ2n) is 6.36. The van der Waals surface area contributed by atoms with Crippen molar-refractivity contribution < 1.29 is 4.79 Å². The second-order valence-corrected chi connectivity index (χ2v) is 6.36. The van der Waals surface area contributed by atoms with Crippen molar-refractivity contribution in [1.29, 1.82) is 0 Å². The Bertz CT molecular complexity index is 573. The molecule has 6 nitrogen and oxygen atoms in total. The normalized spacial score (nSPS) is 15.0. The van der Waals surface area contributed by atoms with Crippen molar-refractivity contribution in [3.63, 3.8) is 0 Å². The molecule has 3 N–H and O–H groups in total. The fourth-order valence-corrected chi connectivity index (χ4v) is 2.03. The molecule has 1 saturated heterocycles. The molecule has 0 aromatic carbocycles. The van der Waals surface area contributed by atoms with E-state index >= 15 is 0 Å². The van der Waals surface area contributed by atoms with E-state index in [0.717, 1.165) is 13.1 Å². The molecule has 1 amide bonds. The molecule has 2 rings (SSSR count). The van der Waals surface area contributed by atoms with Crippen LogP contribution in [0.3, 0.4) is 0 Å². The standard InChI is InChI=1S/C14H22N4O2.ClH/c1-8-10(11(19)16-7-9-5-15-6-9)12(20)18-13(17-8)14(2,3)4;/h9,15H,5-7H2,1-4H3,(H,16,19)(H,17,18,20);1H. The van der Waals surface area contributed by atoms with Gasteiger partial charge in [-0.3, -0.25) is 9.59 Å². The van der Waals surface area contributed by atoms with Crippen LogP contribution in [-0.2, 0) is 5.41 Å². The van der Waals surface area contributed by atoms with Gasteiger partial charge in [0.15, 0.2) is 0 Å². The third-order valence-electron chi connectivity index (χ3n) is 3.46. The molecular formula is C14H23ClN4O2. The van der Waals surface area contributed by atoms with Gasteiger partial charge in [-0.2, -0.15) is 0 Å². The molecule has 118 valence electrons. The molecule has 1 aromatic rings. The summed E-state index contributed by atoms with van der Waals surface area (Å²) in [4.78, 5) is 31.3. The summed E-state index contributed by atoms with van der Waals surface area (Å²) >= 11 is 0. The summed E-state index contributed by atoms with van der Waals surface area (Å²) in [6.45, 7) is 10.0. The van der Waals surface area contributed by atoms with Gasteiger partial charge in [0.1, 0.15) is 11.4 Å². The van der Waals surface area contributed by atoms with Crippen molar-refractivity contribution in [2.45, 2.75) is 33.1 Å². The molecular weight excluding hydrogens is 292 g/mol. The highest BCUT2D eigenvalue weighted by Gasteiger charge is 2.23. The Kier molecular flexibility index (Phi) is 5.53. The number of hydrogen-bond donors (Lipinski definition) is 3. The quantitative estimate of drug-likeness (QED) is 0.768. The zero-order chi connectivity index (χ0) is 14.9. The molecule has 0 radical (unpaired) electrons. The van der Waals surface area contributed by atoms with Gasteiger partial charge in [-0.15, -0.1) is 12.4 Å². The molecule has 0 bridgehead atoms. The van der Waals surface area contributed by atoms with Crippen molar-refractivity contribution in [1.82, 2.24) is 20.6 Å². The van der Waals surface area contributed by atoms with Crippen LogP contribution in [0.1, 0.15) is 42.6 Å². The lowest BCUT2D eigenvalue weighted by molar-refractivity contribution is 0.0939. The summed E-state index contributed by atoms with van der Waals surface area (Å²) in [7, 11) is 0. The third kappa shape index (κ3) is 4.04. The lowest BCUT2D eigenvalue weighted by Crippen LogP contribution is -2.48. The summed E-state index contributed by atoms with van der Waals surface area (Å²) < 4.78 is 0. The summed E-state index contributed by atoms with van der Waals surface area (Å²) in [5.41, 5.74) is -0.0314. The van der Waals surface area contributed by atoms with Crippen molar-refractivity contribution in [3.8, 4) is 0 Å². The van der Waals surface area contributed by atoms with E-state index in [1.807, 2.05) is 20.8 Å². The lowest BCUT2D eigenvalue weighted by atomic mass is 9.95. The van der Waals surface area contributed by atoms with E-state index in [4.69, 9.17) is 0 Å². The molecule has 0 aliphatic carbocycles. The van der Waals surface area contributed by atoms with Crippen molar-refractivity contribution in [2.24, 2.45) is 5.92 Å². The molecule has 2 heterocycles. The van der Waals surface area contributed by atoms with Gasteiger partial charge in [-0.25, -0.2) is 4.98 Å². The highest BCUT2D eigenvalue weighted by Crippen LogP contribution is 2.17. The number of carbonyl (C=O) groups is 1. The van der Waals surface area contributed by atoms with Gasteiger partial charge in [0.2, 0.25) is 0 Å². The Morgan fingerprint density at radius 2 is 2.00 bits per heavy atom. The van der Waals surface area contributed by atoms with Crippen LogP contribution in [0.4, 0.5) is 0 Å². The van der Waals surface area contributed by atoms with E-state index in [1.54, 1.807) is 6.92 Å². The molecule has 1 aliphatic heterocycles. The van der Waals surface area contributed by atoms with Crippen molar-refractivity contribution in [2.75, 3.05) is 19.6 Å². The number of aromatic amines is 1. The van der Waals surface area contributed by atoms with Crippen LogP contribution >= 0.6 is 12.4 Å². The number of amides is 1. The van der Waals surface area contributed by atoms with Crippen LogP contribution in [0.25, 0.3) is 0 Å². The van der Waals surface area contributed by atoms with Crippen LogP contribution in [0.2, 0.25) is 0 Å². The van der Waals surface area contributed by atoms with E-state index in [2.05, 4.69) is 20.6 Å². The van der Waals surface area contributed by atoms with E-state index in [1.165, 1.54) is 0 Å². The van der Waals surface area contributed by atoms with Crippen LogP contribution in [0, 0.1) is 12.8 Å². The molecule has 7 heteroatoms. The second kappa shape index (κ2) is 6.58. The number of aromatic nitrogens is 2. The minimum Gasteiger partial charge on any atom is -0.351 e. The van der Waals surface area contributed by atoms with Gasteiger partial charge in [0.05, 0.1) is 5.69 Å². The van der Waals surface area contributed by atoms with Gasteiger partial charge in [-0.05, 0) is 6.92 Å². The first-order valence-corrected chi connectivity index (χ1v) is 6.89. The Hall–Kier alpha value is -1.40. The van der Waals surface area contributed by atoms with Gasteiger partial charge in [0, 0.05) is 31.0 Å². The number of nitrogens with zero attached hydrogens (tertiary/aromatic N) is 1. The van der Waals surface area contributed by atoms with Gasteiger partial charge in [-0.1, -0.05) is 20.8 Å². The molecule has 0 unspecified atom stereocenters. The molecule has 1 fully saturated rings. The summed E-state index contributed by atoms with van der Waals surface area (Å²) in [5, 5.41) is 5.94. The molecule has 21 heavy (non-hydrogen) atoms. The van der Waals surface area contributed by atoms with Crippen LogP contribution in [-0.4, -0.2) is 35.5 Å². The minimum atomic E-state index is -0.369. The van der Waals surface area contributed by atoms with Gasteiger partial charge in [0.25, 0.3) is 11.5 Å². The summed E-state index contributed by atoms with van der Waals surface area (Å²) in [6, 6.07) is 0. The predicted octanol–water partition coefficient (Wildman–Crippen LogP) is 0.747. The maximum absolute atomic E-state index is 12.1. The number of rotatable bonds is 3. The predicted molar refractivity (Wildman–Crippen MR) is 84.2 cm³/mol. The summed E-state index contributed by atoms with van der Waals surface area (Å²) in [5.74, 6) is 0.712. The number of nitrogens with one attached hydrogen (secondary N) is 3. The van der Waals surface area contributed by atoms with E-state index in [0.29, 0.717) is 24.0 Å². The van der Waals surface area contributed by atoms with Gasteiger partial charge >= 0.3 is 0 Å². The molecule has 0 spiro atoms. The monoisotopic (exact) mass is 314 g/mol. The van der Waals surface area contributed by atoms with Crippen LogP contribution in [0.15, 0.2) is 4.79 Å². The minimum absolute atomic E-state index is 0. The molecule has 1 aliphatic rings. The number of halogens is 1. The van der Waals surface area contributed by atoms with Gasteiger partial charge < -0.3 is 15.6 Å². The number of carbonyl (C=O) groups excluding carboxylic acids is 1. The van der Waals surface area contributed by atoms with E-state index in [-0.39, 0.29) is 34.9 Å². The first kappa shape index (κ1) is 17.7. The first-order chi connectivity index (χ1) is 9.29. The highest BCUT2D eigenvalue weighted by molar-refractivity contribution is 5.94. The zero-order valence-corrected chi connectivity index (χ0v) is 13.7. The highest BCUT2D eigenvalue weighted by atomic mass is 35.5. The van der Waals surface area contributed by atoms with Crippen molar-refractivity contribution in [3.05, 3.63) is 27.4 Å². The first-order valence-electron chi connectivity index (χ1n) is 6.89. The van der Waals surface area contributed by atoms with E-state index < -0.39 is 0 Å². The Morgan fingerprint density at radius 3 is 2.43 bits per heavy atom. The smallest absolute Gasteiger partial charge is 0.264 e. The fourth-order valence-electron chi connectivity index (χ4n) is 2.03. The maximum Gasteiger partial charge on any atom is 0.264 e. The Balaban J connectivity index is 0.00000220. The molecule has 0 saturated carbocycles. The average Bonchev–Trinajstić information content (AvgIpc) is 2.24. The largest absolute Gasteiger partial charge is 0.351 e. The zero-order valence-electron chi connectivity index (χ0n) is 12.9. The molecule has 1 aromatic heterocycles. The fraction of sp³-hybridized carbons (Fsp3) is 0.643. The Morgan fingerprint density at radius 1 is 1.38 bits per heavy atom. The maximum atomic E-state index is 12.1. The van der Waals surface area contributed by atoms with Crippen molar-refractivity contribution >= 4 is 18.3 Å². The lowest BCUT2D eigenvalue weighted by Gasteiger charge is -2.27.